The lowest BCUT2D eigenvalue weighted by atomic mass is 9.92. The van der Waals surface area contributed by atoms with Crippen molar-refractivity contribution in [3.63, 3.8) is 0 Å². The molecule has 2 aromatic heterocycles. The fourth-order valence-electron chi connectivity index (χ4n) is 2.36. The van der Waals surface area contributed by atoms with E-state index < -0.39 is 5.41 Å². The monoisotopic (exact) mass is 334 g/mol. The van der Waals surface area contributed by atoms with Gasteiger partial charge in [0, 0.05) is 30.0 Å². The van der Waals surface area contributed by atoms with Crippen molar-refractivity contribution in [2.75, 3.05) is 26.8 Å². The van der Waals surface area contributed by atoms with E-state index in [1.165, 1.54) is 4.90 Å². The molecule has 124 valence electrons. The Morgan fingerprint density at radius 1 is 1.30 bits per heavy atom. The van der Waals surface area contributed by atoms with Crippen LogP contribution >= 0.6 is 11.3 Å². The predicted molar refractivity (Wildman–Crippen MR) is 91.5 cm³/mol. The first-order valence-electron chi connectivity index (χ1n) is 7.37. The molecule has 0 spiro atoms. The third-order valence-electron chi connectivity index (χ3n) is 3.86. The number of nitrogens with zero attached hydrogens (tertiary/aromatic N) is 2. The van der Waals surface area contributed by atoms with Crippen LogP contribution in [0.3, 0.4) is 0 Å². The lowest BCUT2D eigenvalue weighted by Crippen LogP contribution is -2.41. The zero-order chi connectivity index (χ0) is 17.0. The van der Waals surface area contributed by atoms with Crippen molar-refractivity contribution >= 4 is 17.2 Å². The maximum absolute atomic E-state index is 12.6. The largest absolute Gasteiger partial charge is 0.396 e. The van der Waals surface area contributed by atoms with E-state index in [-0.39, 0.29) is 25.7 Å². The molecular weight excluding hydrogens is 312 g/mol. The summed E-state index contributed by atoms with van der Waals surface area (Å²) in [6.07, 6.45) is 0. The summed E-state index contributed by atoms with van der Waals surface area (Å²) in [6, 6.07) is 5.62. The highest BCUT2D eigenvalue weighted by atomic mass is 32.1. The van der Waals surface area contributed by atoms with Crippen molar-refractivity contribution in [1.82, 2.24) is 9.88 Å². The van der Waals surface area contributed by atoms with Crippen molar-refractivity contribution in [3.05, 3.63) is 40.2 Å². The molecule has 2 aromatic rings. The van der Waals surface area contributed by atoms with Gasteiger partial charge >= 0.3 is 0 Å². The van der Waals surface area contributed by atoms with Gasteiger partial charge in [0.15, 0.2) is 0 Å². The average molecular weight is 334 g/mol. The van der Waals surface area contributed by atoms with Crippen LogP contribution in [-0.2, 0) is 0 Å². The number of carbonyl (C=O) groups is 1. The van der Waals surface area contributed by atoms with Gasteiger partial charge < -0.3 is 15.1 Å². The number of hydrogen-bond acceptors (Lipinski definition) is 5. The molecule has 0 aromatic carbocycles. The lowest BCUT2D eigenvalue weighted by molar-refractivity contribution is 0.0366. The van der Waals surface area contributed by atoms with Gasteiger partial charge in [-0.05, 0) is 30.5 Å². The van der Waals surface area contributed by atoms with E-state index in [9.17, 15) is 15.0 Å². The Kier molecular flexibility index (Phi) is 5.51. The molecule has 0 unspecified atom stereocenters. The maximum Gasteiger partial charge on any atom is 0.255 e. The third kappa shape index (κ3) is 3.96. The van der Waals surface area contributed by atoms with Crippen molar-refractivity contribution in [3.8, 4) is 11.3 Å². The van der Waals surface area contributed by atoms with Crippen molar-refractivity contribution < 1.29 is 15.0 Å². The first kappa shape index (κ1) is 17.6. The smallest absolute Gasteiger partial charge is 0.255 e. The summed E-state index contributed by atoms with van der Waals surface area (Å²) in [5.41, 5.74) is 2.37. The summed E-state index contributed by atoms with van der Waals surface area (Å²) in [7, 11) is 1.66. The number of aryl methyl sites for hydroxylation is 1. The number of aliphatic hydroxyl groups excluding tert-OH is 2. The van der Waals surface area contributed by atoms with E-state index >= 15 is 0 Å². The van der Waals surface area contributed by atoms with Crippen LogP contribution in [0.1, 0.15) is 23.0 Å². The van der Waals surface area contributed by atoms with Gasteiger partial charge in [0.2, 0.25) is 0 Å². The van der Waals surface area contributed by atoms with E-state index in [1.54, 1.807) is 31.4 Å². The first-order chi connectivity index (χ1) is 10.9. The standard InChI is InChI=1S/C17H22N2O3S/c1-12-14(4-5-15(18-12)13-6-7-23-8-13)16(22)19(3)9-17(2,10-20)11-21/h4-8,20-21H,9-11H2,1-3H3. The highest BCUT2D eigenvalue weighted by Gasteiger charge is 2.27. The van der Waals surface area contributed by atoms with Gasteiger partial charge in [-0.3, -0.25) is 9.78 Å². The van der Waals surface area contributed by atoms with E-state index in [4.69, 9.17) is 0 Å². The molecule has 0 aliphatic heterocycles. The van der Waals surface area contributed by atoms with Crippen LogP contribution in [0.15, 0.2) is 29.0 Å². The SMILES string of the molecule is Cc1nc(-c2ccsc2)ccc1C(=O)N(C)CC(C)(CO)CO. The molecule has 2 rings (SSSR count). The number of aromatic nitrogens is 1. The quantitative estimate of drug-likeness (QED) is 0.849. The Morgan fingerprint density at radius 3 is 2.52 bits per heavy atom. The summed E-state index contributed by atoms with van der Waals surface area (Å²) in [5.74, 6) is -0.167. The van der Waals surface area contributed by atoms with Gasteiger partial charge in [-0.25, -0.2) is 0 Å². The number of hydrogen-bond donors (Lipinski definition) is 2. The molecule has 0 aliphatic carbocycles. The molecule has 2 heterocycles. The summed E-state index contributed by atoms with van der Waals surface area (Å²) in [5, 5.41) is 22.8. The molecule has 0 bridgehead atoms. The highest BCUT2D eigenvalue weighted by Crippen LogP contribution is 2.23. The average Bonchev–Trinajstić information content (AvgIpc) is 3.08. The summed E-state index contributed by atoms with van der Waals surface area (Å²) in [6.45, 7) is 3.45. The van der Waals surface area contributed by atoms with E-state index in [2.05, 4.69) is 4.98 Å². The molecular formula is C17H22N2O3S. The molecule has 5 nitrogen and oxygen atoms in total. The van der Waals surface area contributed by atoms with Gasteiger partial charge in [-0.2, -0.15) is 11.3 Å². The number of rotatable bonds is 6. The first-order valence-corrected chi connectivity index (χ1v) is 8.32. The molecule has 23 heavy (non-hydrogen) atoms. The molecule has 0 saturated carbocycles. The molecule has 0 atom stereocenters. The Balaban J connectivity index is 2.19. The second kappa shape index (κ2) is 7.21. The predicted octanol–water partition coefficient (Wildman–Crippen LogP) is 2.18. The van der Waals surface area contributed by atoms with Crippen LogP contribution in [0, 0.1) is 12.3 Å². The van der Waals surface area contributed by atoms with Gasteiger partial charge in [0.25, 0.3) is 5.91 Å². The highest BCUT2D eigenvalue weighted by molar-refractivity contribution is 7.08. The second-order valence-corrected chi connectivity index (χ2v) is 6.91. The third-order valence-corrected chi connectivity index (χ3v) is 4.55. The molecule has 0 aliphatic rings. The van der Waals surface area contributed by atoms with Gasteiger partial charge in [-0.1, -0.05) is 6.92 Å². The fraction of sp³-hybridized carbons (Fsp3) is 0.412. The zero-order valence-corrected chi connectivity index (χ0v) is 14.4. The van der Waals surface area contributed by atoms with Crippen molar-refractivity contribution in [1.29, 1.82) is 0 Å². The van der Waals surface area contributed by atoms with E-state index in [0.717, 1.165) is 11.3 Å². The molecule has 0 saturated heterocycles. The summed E-state index contributed by atoms with van der Waals surface area (Å²) in [4.78, 5) is 18.6. The zero-order valence-electron chi connectivity index (χ0n) is 13.6. The number of pyridine rings is 1. The molecule has 0 radical (unpaired) electrons. The normalized spacial score (nSPS) is 11.5. The van der Waals surface area contributed by atoms with Crippen LogP contribution in [-0.4, -0.2) is 52.8 Å². The number of aliphatic hydroxyl groups is 2. The fourth-order valence-corrected chi connectivity index (χ4v) is 3.01. The maximum atomic E-state index is 12.6. The van der Waals surface area contributed by atoms with Crippen molar-refractivity contribution in [2.45, 2.75) is 13.8 Å². The minimum atomic E-state index is -0.720. The summed E-state index contributed by atoms with van der Waals surface area (Å²) >= 11 is 1.60. The Bertz CT molecular complexity index is 666. The van der Waals surface area contributed by atoms with Crippen LogP contribution in [0.5, 0.6) is 0 Å². The van der Waals surface area contributed by atoms with E-state index in [0.29, 0.717) is 11.3 Å². The van der Waals surface area contributed by atoms with Crippen molar-refractivity contribution in [2.24, 2.45) is 5.41 Å². The Labute approximate surface area is 140 Å². The van der Waals surface area contributed by atoms with Crippen LogP contribution in [0.2, 0.25) is 0 Å². The number of amides is 1. The van der Waals surface area contributed by atoms with E-state index in [1.807, 2.05) is 29.8 Å². The van der Waals surface area contributed by atoms with Crippen LogP contribution in [0.25, 0.3) is 11.3 Å². The Hall–Kier alpha value is -1.76. The van der Waals surface area contributed by atoms with Crippen LogP contribution in [0.4, 0.5) is 0 Å². The number of thiophene rings is 1. The molecule has 0 fully saturated rings. The van der Waals surface area contributed by atoms with Gasteiger partial charge in [-0.15, -0.1) is 0 Å². The molecule has 1 amide bonds. The number of carbonyl (C=O) groups excluding carboxylic acids is 1. The van der Waals surface area contributed by atoms with Gasteiger partial charge in [0.05, 0.1) is 30.2 Å². The topological polar surface area (TPSA) is 73.7 Å². The molecule has 2 N–H and O–H groups in total. The minimum Gasteiger partial charge on any atom is -0.396 e. The van der Waals surface area contributed by atoms with Gasteiger partial charge in [0.1, 0.15) is 0 Å². The Morgan fingerprint density at radius 2 is 2.00 bits per heavy atom. The second-order valence-electron chi connectivity index (χ2n) is 6.13. The summed E-state index contributed by atoms with van der Waals surface area (Å²) < 4.78 is 0. The minimum absolute atomic E-state index is 0.167. The molecule has 6 heteroatoms. The van der Waals surface area contributed by atoms with Crippen LogP contribution < -0.4 is 0 Å². The lowest BCUT2D eigenvalue weighted by Gasteiger charge is -2.30.